The summed E-state index contributed by atoms with van der Waals surface area (Å²) >= 11 is 5.92. The highest BCUT2D eigenvalue weighted by atomic mass is 35.5. The zero-order valence-electron chi connectivity index (χ0n) is 18.8. The number of nitrogens with zero attached hydrogens (tertiary/aromatic N) is 2. The van der Waals surface area contributed by atoms with E-state index in [0.717, 1.165) is 27.5 Å². The summed E-state index contributed by atoms with van der Waals surface area (Å²) in [6, 6.07) is 15.7. The quantitative estimate of drug-likeness (QED) is 0.409. The van der Waals surface area contributed by atoms with Crippen LogP contribution in [-0.4, -0.2) is 22.4 Å². The highest BCUT2D eigenvalue weighted by molar-refractivity contribution is 6.39. The van der Waals surface area contributed by atoms with Crippen LogP contribution in [0.2, 0.25) is 5.02 Å². The minimum absolute atomic E-state index is 0.111. The number of hydrogen-bond acceptors (Lipinski definition) is 3. The average Bonchev–Trinajstić information content (AvgIpc) is 3.05. The molecule has 0 radical (unpaired) electrons. The van der Waals surface area contributed by atoms with E-state index in [9.17, 15) is 14.4 Å². The summed E-state index contributed by atoms with van der Waals surface area (Å²) in [6.45, 7) is 8.20. The third-order valence-corrected chi connectivity index (χ3v) is 6.03. The molecule has 0 bridgehead atoms. The zero-order chi connectivity index (χ0) is 23.9. The molecule has 6 nitrogen and oxygen atoms in total. The van der Waals surface area contributed by atoms with Crippen LogP contribution < -0.4 is 10.2 Å². The molecule has 4 amide bonds. The van der Waals surface area contributed by atoms with Crippen molar-refractivity contribution < 1.29 is 14.4 Å². The SMILES string of the molecule is Cc1cc(/C=C2\C(=O)NC(=O)N(c3ccc(Cl)cc3)C2=O)c(C)n1-c1ccc(C(C)C)cc1. The monoisotopic (exact) mass is 461 g/mol. The number of anilines is 1. The van der Waals surface area contributed by atoms with Gasteiger partial charge in [0.2, 0.25) is 0 Å². The van der Waals surface area contributed by atoms with Gasteiger partial charge >= 0.3 is 6.03 Å². The smallest absolute Gasteiger partial charge is 0.318 e. The second-order valence-corrected chi connectivity index (χ2v) is 8.78. The van der Waals surface area contributed by atoms with E-state index in [0.29, 0.717) is 16.6 Å². The largest absolute Gasteiger partial charge is 0.335 e. The maximum Gasteiger partial charge on any atom is 0.335 e. The first-order valence-electron chi connectivity index (χ1n) is 10.6. The number of rotatable bonds is 4. The molecule has 1 aromatic heterocycles. The summed E-state index contributed by atoms with van der Waals surface area (Å²) < 4.78 is 2.07. The molecular weight excluding hydrogens is 438 g/mol. The van der Waals surface area contributed by atoms with Crippen molar-refractivity contribution in [2.24, 2.45) is 0 Å². The van der Waals surface area contributed by atoms with E-state index in [1.165, 1.54) is 11.6 Å². The fraction of sp³-hybridized carbons (Fsp3) is 0.192. The van der Waals surface area contributed by atoms with Gasteiger partial charge in [-0.15, -0.1) is 0 Å². The van der Waals surface area contributed by atoms with Crippen LogP contribution in [0, 0.1) is 13.8 Å². The molecule has 33 heavy (non-hydrogen) atoms. The molecule has 1 saturated heterocycles. The Morgan fingerprint density at radius 3 is 2.12 bits per heavy atom. The summed E-state index contributed by atoms with van der Waals surface area (Å²) in [5, 5.41) is 2.73. The lowest BCUT2D eigenvalue weighted by atomic mass is 10.0. The maximum absolute atomic E-state index is 13.1. The topological polar surface area (TPSA) is 71.4 Å². The molecule has 3 aromatic rings. The Morgan fingerprint density at radius 2 is 1.52 bits per heavy atom. The number of carbonyl (C=O) groups excluding carboxylic acids is 3. The van der Waals surface area contributed by atoms with Crippen LogP contribution in [-0.2, 0) is 9.59 Å². The minimum Gasteiger partial charge on any atom is -0.318 e. The zero-order valence-corrected chi connectivity index (χ0v) is 19.6. The van der Waals surface area contributed by atoms with Crippen molar-refractivity contribution in [1.29, 1.82) is 0 Å². The number of imide groups is 2. The van der Waals surface area contributed by atoms with Gasteiger partial charge in [-0.1, -0.05) is 37.6 Å². The maximum atomic E-state index is 13.1. The molecule has 168 valence electrons. The number of benzene rings is 2. The summed E-state index contributed by atoms with van der Waals surface area (Å²) in [6.07, 6.45) is 1.54. The van der Waals surface area contributed by atoms with Crippen molar-refractivity contribution in [3.63, 3.8) is 0 Å². The highest BCUT2D eigenvalue weighted by Crippen LogP contribution is 2.27. The van der Waals surface area contributed by atoms with Crippen molar-refractivity contribution >= 4 is 41.2 Å². The Balaban J connectivity index is 1.72. The number of amides is 4. The normalized spacial score (nSPS) is 15.5. The summed E-state index contributed by atoms with van der Waals surface area (Å²) in [7, 11) is 0. The van der Waals surface area contributed by atoms with Gasteiger partial charge in [-0.25, -0.2) is 9.69 Å². The van der Waals surface area contributed by atoms with E-state index in [1.807, 2.05) is 19.9 Å². The van der Waals surface area contributed by atoms with Gasteiger partial charge in [-0.3, -0.25) is 14.9 Å². The summed E-state index contributed by atoms with van der Waals surface area (Å²) in [5.74, 6) is -0.966. The van der Waals surface area contributed by atoms with Gasteiger partial charge in [0, 0.05) is 22.1 Å². The molecule has 0 atom stereocenters. The molecule has 4 rings (SSSR count). The van der Waals surface area contributed by atoms with Crippen LogP contribution in [0.4, 0.5) is 10.5 Å². The van der Waals surface area contributed by atoms with Crippen molar-refractivity contribution in [2.45, 2.75) is 33.6 Å². The van der Waals surface area contributed by atoms with Crippen LogP contribution in [0.3, 0.4) is 0 Å². The van der Waals surface area contributed by atoms with Crippen molar-refractivity contribution in [3.8, 4) is 5.69 Å². The van der Waals surface area contributed by atoms with E-state index in [2.05, 4.69) is 48.0 Å². The van der Waals surface area contributed by atoms with Crippen molar-refractivity contribution in [1.82, 2.24) is 9.88 Å². The molecule has 0 saturated carbocycles. The Kier molecular flexibility index (Phi) is 5.95. The number of urea groups is 1. The third kappa shape index (κ3) is 4.22. The molecule has 0 unspecified atom stereocenters. The number of aryl methyl sites for hydroxylation is 1. The van der Waals surface area contributed by atoms with Crippen LogP contribution in [0.5, 0.6) is 0 Å². The van der Waals surface area contributed by atoms with E-state index in [4.69, 9.17) is 11.6 Å². The first kappa shape index (κ1) is 22.6. The van der Waals surface area contributed by atoms with Gasteiger partial charge in [0.25, 0.3) is 11.8 Å². The molecule has 2 aromatic carbocycles. The van der Waals surface area contributed by atoms with E-state index < -0.39 is 17.8 Å². The number of nitrogens with one attached hydrogen (secondary N) is 1. The van der Waals surface area contributed by atoms with E-state index in [-0.39, 0.29) is 5.57 Å². The van der Waals surface area contributed by atoms with Crippen LogP contribution >= 0.6 is 11.6 Å². The first-order valence-corrected chi connectivity index (χ1v) is 11.0. The van der Waals surface area contributed by atoms with Crippen molar-refractivity contribution in [2.75, 3.05) is 4.90 Å². The molecule has 2 heterocycles. The minimum atomic E-state index is -0.791. The Labute approximate surface area is 197 Å². The predicted molar refractivity (Wildman–Crippen MR) is 130 cm³/mol. The second-order valence-electron chi connectivity index (χ2n) is 8.34. The van der Waals surface area contributed by atoms with Gasteiger partial charge in [0.05, 0.1) is 5.69 Å². The van der Waals surface area contributed by atoms with Gasteiger partial charge in [-0.2, -0.15) is 0 Å². The summed E-state index contributed by atoms with van der Waals surface area (Å²) in [4.78, 5) is 39.0. The van der Waals surface area contributed by atoms with Crippen LogP contribution in [0.15, 0.2) is 60.2 Å². The number of barbiturate groups is 1. The molecule has 7 heteroatoms. The van der Waals surface area contributed by atoms with Crippen LogP contribution in [0.1, 0.15) is 42.3 Å². The molecule has 0 spiro atoms. The Hall–Kier alpha value is -3.64. The standard InChI is InChI=1S/C26H24ClN3O3/c1-15(2)18-5-9-21(10-6-18)29-16(3)13-19(17(29)4)14-23-24(31)28-26(33)30(25(23)32)22-11-7-20(27)8-12-22/h5-15H,1-4H3,(H,28,31,33)/b23-14+. The van der Waals surface area contributed by atoms with Crippen LogP contribution in [0.25, 0.3) is 11.8 Å². The van der Waals surface area contributed by atoms with Gasteiger partial charge in [0.1, 0.15) is 5.57 Å². The lowest BCUT2D eigenvalue weighted by molar-refractivity contribution is -0.122. The summed E-state index contributed by atoms with van der Waals surface area (Å²) in [5.41, 5.74) is 5.04. The Morgan fingerprint density at radius 1 is 0.909 bits per heavy atom. The second kappa shape index (κ2) is 8.71. The molecule has 1 aliphatic rings. The highest BCUT2D eigenvalue weighted by Gasteiger charge is 2.37. The lowest BCUT2D eigenvalue weighted by Crippen LogP contribution is -2.54. The van der Waals surface area contributed by atoms with Crippen molar-refractivity contribution in [3.05, 3.63) is 87.7 Å². The Bertz CT molecular complexity index is 1290. The van der Waals surface area contributed by atoms with E-state index in [1.54, 1.807) is 24.3 Å². The molecule has 1 N–H and O–H groups in total. The predicted octanol–water partition coefficient (Wildman–Crippen LogP) is 5.54. The fourth-order valence-corrected chi connectivity index (χ4v) is 4.10. The number of carbonyl (C=O) groups is 3. The first-order chi connectivity index (χ1) is 15.7. The number of aromatic nitrogens is 1. The lowest BCUT2D eigenvalue weighted by Gasteiger charge is -2.26. The third-order valence-electron chi connectivity index (χ3n) is 5.77. The van der Waals surface area contributed by atoms with Gasteiger partial charge in [-0.05, 0) is 79.4 Å². The molecule has 0 aliphatic carbocycles. The molecule has 1 aliphatic heterocycles. The average molecular weight is 462 g/mol. The number of halogens is 1. The van der Waals surface area contributed by atoms with Gasteiger partial charge in [0.15, 0.2) is 0 Å². The van der Waals surface area contributed by atoms with E-state index >= 15 is 0 Å². The fourth-order valence-electron chi connectivity index (χ4n) is 3.98. The van der Waals surface area contributed by atoms with Gasteiger partial charge < -0.3 is 4.57 Å². The molecular formula is C26H24ClN3O3. The molecule has 1 fully saturated rings. The number of hydrogen-bond donors (Lipinski definition) is 1.